The molecule has 24 heavy (non-hydrogen) atoms. The molecular formula is C17H23N5O2. The van der Waals surface area contributed by atoms with Crippen LogP contribution in [0.4, 0.5) is 0 Å². The number of nitrogens with zero attached hydrogens (tertiary/aromatic N) is 4. The van der Waals surface area contributed by atoms with E-state index in [9.17, 15) is 0 Å². The Morgan fingerprint density at radius 2 is 2.04 bits per heavy atom. The minimum Gasteiger partial charge on any atom is -0.497 e. The Morgan fingerprint density at radius 1 is 1.25 bits per heavy atom. The lowest BCUT2D eigenvalue weighted by Gasteiger charge is -2.28. The second-order valence-electron chi connectivity index (χ2n) is 6.26. The highest BCUT2D eigenvalue weighted by Gasteiger charge is 2.26. The van der Waals surface area contributed by atoms with Crippen LogP contribution in [0.3, 0.4) is 0 Å². The molecule has 1 fully saturated rings. The van der Waals surface area contributed by atoms with Gasteiger partial charge in [-0.25, -0.2) is 4.68 Å². The van der Waals surface area contributed by atoms with Crippen LogP contribution in [-0.2, 0) is 24.4 Å². The van der Waals surface area contributed by atoms with E-state index < -0.39 is 0 Å². The van der Waals surface area contributed by atoms with Crippen LogP contribution >= 0.6 is 0 Å². The van der Waals surface area contributed by atoms with E-state index >= 15 is 0 Å². The molecule has 3 heterocycles. The molecule has 0 unspecified atom stereocenters. The SMILES string of the molecule is COc1ccc([C@@H]2Cn3nnc(CN4CCNCC4)c3CO2)cc1. The third-order valence-electron chi connectivity index (χ3n) is 4.75. The molecule has 1 aromatic carbocycles. The van der Waals surface area contributed by atoms with E-state index in [1.807, 2.05) is 28.9 Å². The van der Waals surface area contributed by atoms with Gasteiger partial charge in [0.05, 0.1) is 26.0 Å². The van der Waals surface area contributed by atoms with E-state index in [0.717, 1.165) is 55.4 Å². The number of aromatic nitrogens is 3. The van der Waals surface area contributed by atoms with Gasteiger partial charge >= 0.3 is 0 Å². The molecule has 0 saturated carbocycles. The van der Waals surface area contributed by atoms with Gasteiger partial charge in [-0.15, -0.1) is 5.10 Å². The molecule has 128 valence electrons. The summed E-state index contributed by atoms with van der Waals surface area (Å²) in [5, 5.41) is 12.1. The lowest BCUT2D eigenvalue weighted by molar-refractivity contribution is -0.00214. The van der Waals surface area contributed by atoms with Crippen LogP contribution in [0.1, 0.15) is 23.1 Å². The number of ether oxygens (including phenoxy) is 2. The molecule has 7 nitrogen and oxygen atoms in total. The topological polar surface area (TPSA) is 64.4 Å². The summed E-state index contributed by atoms with van der Waals surface area (Å²) in [6.07, 6.45) is 0.0112. The highest BCUT2D eigenvalue weighted by Crippen LogP contribution is 2.28. The van der Waals surface area contributed by atoms with Gasteiger partial charge in [-0.2, -0.15) is 0 Å². The third kappa shape index (κ3) is 3.15. The normalized spacial score (nSPS) is 21.5. The number of hydrogen-bond donors (Lipinski definition) is 1. The van der Waals surface area contributed by atoms with Gasteiger partial charge in [0, 0.05) is 32.7 Å². The average molecular weight is 329 g/mol. The number of fused-ring (bicyclic) bond motifs is 1. The van der Waals surface area contributed by atoms with Crippen LogP contribution in [0.5, 0.6) is 5.75 Å². The Balaban J connectivity index is 1.45. The van der Waals surface area contributed by atoms with Crippen molar-refractivity contribution in [3.8, 4) is 5.75 Å². The highest BCUT2D eigenvalue weighted by molar-refractivity contribution is 5.29. The molecule has 2 aromatic rings. The Labute approximate surface area is 141 Å². The van der Waals surface area contributed by atoms with Gasteiger partial charge in [-0.3, -0.25) is 4.90 Å². The zero-order valence-electron chi connectivity index (χ0n) is 13.9. The molecule has 7 heteroatoms. The van der Waals surface area contributed by atoms with Crippen LogP contribution < -0.4 is 10.1 Å². The van der Waals surface area contributed by atoms with Crippen molar-refractivity contribution < 1.29 is 9.47 Å². The minimum atomic E-state index is 0.0112. The molecular weight excluding hydrogens is 306 g/mol. The molecule has 1 saturated heterocycles. The van der Waals surface area contributed by atoms with Gasteiger partial charge in [-0.05, 0) is 17.7 Å². The first-order valence-electron chi connectivity index (χ1n) is 8.43. The van der Waals surface area contributed by atoms with Crippen LogP contribution in [0.25, 0.3) is 0 Å². The lowest BCUT2D eigenvalue weighted by Crippen LogP contribution is -2.43. The molecule has 0 amide bonds. The van der Waals surface area contributed by atoms with Crippen molar-refractivity contribution in [2.75, 3.05) is 33.3 Å². The van der Waals surface area contributed by atoms with E-state index in [4.69, 9.17) is 9.47 Å². The standard InChI is InChI=1S/C17H23N5O2/c1-23-14-4-2-13(3-5-14)17-11-22-16(12-24-17)15(19-20-22)10-21-8-6-18-7-9-21/h2-5,17-18H,6-12H2,1H3/t17-/m0/s1. The summed E-state index contributed by atoms with van der Waals surface area (Å²) < 4.78 is 13.3. The molecule has 0 bridgehead atoms. The van der Waals surface area contributed by atoms with Crippen molar-refractivity contribution in [1.29, 1.82) is 0 Å². The van der Waals surface area contributed by atoms with Crippen molar-refractivity contribution in [2.45, 2.75) is 25.8 Å². The molecule has 2 aliphatic heterocycles. The fraction of sp³-hybridized carbons (Fsp3) is 0.529. The second kappa shape index (κ2) is 6.88. The fourth-order valence-electron chi connectivity index (χ4n) is 3.29. The summed E-state index contributed by atoms with van der Waals surface area (Å²) >= 11 is 0. The first-order valence-corrected chi connectivity index (χ1v) is 8.43. The summed E-state index contributed by atoms with van der Waals surface area (Å²) in [5.74, 6) is 0.856. The van der Waals surface area contributed by atoms with Gasteiger partial charge in [0.15, 0.2) is 0 Å². The van der Waals surface area contributed by atoms with Crippen molar-refractivity contribution in [1.82, 2.24) is 25.2 Å². The van der Waals surface area contributed by atoms with Gasteiger partial charge in [0.25, 0.3) is 0 Å². The Hall–Kier alpha value is -1.96. The van der Waals surface area contributed by atoms with E-state index in [0.29, 0.717) is 13.2 Å². The van der Waals surface area contributed by atoms with Crippen molar-refractivity contribution in [2.24, 2.45) is 0 Å². The van der Waals surface area contributed by atoms with Crippen LogP contribution in [0.15, 0.2) is 24.3 Å². The summed E-state index contributed by atoms with van der Waals surface area (Å²) in [5.41, 5.74) is 3.30. The number of methoxy groups -OCH3 is 1. The first kappa shape index (κ1) is 15.6. The summed E-state index contributed by atoms with van der Waals surface area (Å²) in [7, 11) is 1.67. The average Bonchev–Trinajstić information content (AvgIpc) is 3.05. The zero-order valence-corrected chi connectivity index (χ0v) is 13.9. The van der Waals surface area contributed by atoms with E-state index in [2.05, 4.69) is 20.5 Å². The van der Waals surface area contributed by atoms with E-state index in [1.165, 1.54) is 0 Å². The number of hydrogen-bond acceptors (Lipinski definition) is 6. The summed E-state index contributed by atoms with van der Waals surface area (Å²) in [6, 6.07) is 8.02. The predicted octanol–water partition coefficient (Wildman–Crippen LogP) is 0.963. The number of nitrogens with one attached hydrogen (secondary N) is 1. The summed E-state index contributed by atoms with van der Waals surface area (Å²) in [6.45, 7) is 6.32. The molecule has 0 spiro atoms. The van der Waals surface area contributed by atoms with Gasteiger partial charge < -0.3 is 14.8 Å². The predicted molar refractivity (Wildman–Crippen MR) is 88.7 cm³/mol. The largest absolute Gasteiger partial charge is 0.497 e. The van der Waals surface area contributed by atoms with Gasteiger partial charge in [0.2, 0.25) is 0 Å². The maximum atomic E-state index is 6.08. The van der Waals surface area contributed by atoms with Crippen LogP contribution in [-0.4, -0.2) is 53.2 Å². The second-order valence-corrected chi connectivity index (χ2v) is 6.26. The molecule has 1 N–H and O–H groups in total. The smallest absolute Gasteiger partial charge is 0.118 e. The quantitative estimate of drug-likeness (QED) is 0.901. The molecule has 0 radical (unpaired) electrons. The maximum Gasteiger partial charge on any atom is 0.118 e. The highest BCUT2D eigenvalue weighted by atomic mass is 16.5. The van der Waals surface area contributed by atoms with Crippen LogP contribution in [0.2, 0.25) is 0 Å². The van der Waals surface area contributed by atoms with E-state index in [1.54, 1.807) is 7.11 Å². The third-order valence-corrected chi connectivity index (χ3v) is 4.75. The molecule has 4 rings (SSSR count). The molecule has 0 aliphatic carbocycles. The molecule has 1 aromatic heterocycles. The summed E-state index contributed by atoms with van der Waals surface area (Å²) in [4.78, 5) is 2.41. The number of rotatable bonds is 4. The maximum absolute atomic E-state index is 6.08. The Morgan fingerprint density at radius 3 is 2.79 bits per heavy atom. The Bertz CT molecular complexity index is 679. The fourth-order valence-corrected chi connectivity index (χ4v) is 3.29. The van der Waals surface area contributed by atoms with Crippen molar-refractivity contribution in [3.05, 3.63) is 41.2 Å². The van der Waals surface area contributed by atoms with Gasteiger partial charge in [-0.1, -0.05) is 17.3 Å². The van der Waals surface area contributed by atoms with Crippen molar-refractivity contribution >= 4 is 0 Å². The number of benzene rings is 1. The molecule has 1 atom stereocenters. The van der Waals surface area contributed by atoms with Crippen molar-refractivity contribution in [3.63, 3.8) is 0 Å². The zero-order chi connectivity index (χ0) is 16.4. The first-order chi connectivity index (χ1) is 11.8. The Kier molecular flexibility index (Phi) is 4.46. The van der Waals surface area contributed by atoms with Gasteiger partial charge in [0.1, 0.15) is 17.5 Å². The lowest BCUT2D eigenvalue weighted by atomic mass is 10.1. The minimum absolute atomic E-state index is 0.0112. The monoisotopic (exact) mass is 329 g/mol. The van der Waals surface area contributed by atoms with E-state index in [-0.39, 0.29) is 6.10 Å². The number of piperazine rings is 1. The van der Waals surface area contributed by atoms with Crippen LogP contribution in [0, 0.1) is 0 Å². The molecule has 2 aliphatic rings.